The van der Waals surface area contributed by atoms with Crippen LogP contribution in [-0.4, -0.2) is 37.6 Å². The number of thioether (sulfide) groups is 1. The molecule has 3 aromatic rings. The summed E-state index contributed by atoms with van der Waals surface area (Å²) in [6, 6.07) is 14.0. The molecule has 1 aliphatic rings. The minimum atomic E-state index is -0.379. The molecule has 1 aromatic heterocycles. The summed E-state index contributed by atoms with van der Waals surface area (Å²) in [4.78, 5) is 14.3. The van der Waals surface area contributed by atoms with E-state index in [2.05, 4.69) is 25.9 Å². The lowest BCUT2D eigenvalue weighted by Gasteiger charge is -2.17. The van der Waals surface area contributed by atoms with E-state index in [4.69, 9.17) is 0 Å². The maximum atomic E-state index is 13.5. The number of benzene rings is 2. The van der Waals surface area contributed by atoms with Crippen molar-refractivity contribution in [3.05, 3.63) is 59.9 Å². The summed E-state index contributed by atoms with van der Waals surface area (Å²) in [5.74, 6) is 0.577. The average molecular weight is 382 g/mol. The van der Waals surface area contributed by atoms with Crippen molar-refractivity contribution in [3.63, 3.8) is 0 Å². The van der Waals surface area contributed by atoms with Gasteiger partial charge in [0.05, 0.1) is 5.71 Å². The Morgan fingerprint density at radius 1 is 1.26 bits per heavy atom. The highest BCUT2D eigenvalue weighted by atomic mass is 32.2. The lowest BCUT2D eigenvalue weighted by molar-refractivity contribution is -0.122. The Hall–Kier alpha value is -3.07. The van der Waals surface area contributed by atoms with Crippen LogP contribution < -0.4 is 5.43 Å². The summed E-state index contributed by atoms with van der Waals surface area (Å²) < 4.78 is 13.5. The van der Waals surface area contributed by atoms with Gasteiger partial charge in [-0.25, -0.2) is 9.82 Å². The van der Waals surface area contributed by atoms with Crippen molar-refractivity contribution in [1.82, 2.24) is 25.6 Å². The lowest BCUT2D eigenvalue weighted by atomic mass is 10.1. The molecule has 0 spiro atoms. The zero-order valence-corrected chi connectivity index (χ0v) is 15.0. The highest BCUT2D eigenvalue weighted by molar-refractivity contribution is 7.99. The van der Waals surface area contributed by atoms with Gasteiger partial charge in [-0.15, -0.1) is 22.0 Å². The van der Waals surface area contributed by atoms with E-state index in [1.54, 1.807) is 17.8 Å². The van der Waals surface area contributed by atoms with E-state index >= 15 is 0 Å². The van der Waals surface area contributed by atoms with E-state index in [1.807, 2.05) is 30.3 Å². The van der Waals surface area contributed by atoms with Crippen molar-refractivity contribution in [2.75, 3.05) is 5.75 Å². The number of carbonyl (C=O) groups is 1. The third-order valence-electron chi connectivity index (χ3n) is 3.93. The van der Waals surface area contributed by atoms with Crippen molar-refractivity contribution in [1.29, 1.82) is 0 Å². The molecule has 27 heavy (non-hydrogen) atoms. The summed E-state index contributed by atoms with van der Waals surface area (Å²) in [5.41, 5.74) is 4.70. The van der Waals surface area contributed by atoms with Crippen LogP contribution >= 0.6 is 11.8 Å². The van der Waals surface area contributed by atoms with Gasteiger partial charge in [-0.3, -0.25) is 4.79 Å². The number of hydrogen-bond acceptors (Lipinski definition) is 6. The molecular weight excluding hydrogens is 367 g/mol. The molecule has 0 saturated carbocycles. The molecule has 0 bridgehead atoms. The van der Waals surface area contributed by atoms with Crippen molar-refractivity contribution in [2.24, 2.45) is 5.10 Å². The van der Waals surface area contributed by atoms with Gasteiger partial charge in [-0.2, -0.15) is 9.90 Å². The summed E-state index contributed by atoms with van der Waals surface area (Å²) >= 11 is 1.65. The van der Waals surface area contributed by atoms with Crippen LogP contribution in [0.4, 0.5) is 4.39 Å². The van der Waals surface area contributed by atoms with Gasteiger partial charge in [0.1, 0.15) is 12.4 Å². The normalized spacial score (nSPS) is 14.8. The number of tetrazole rings is 1. The molecule has 9 heteroatoms. The highest BCUT2D eigenvalue weighted by Crippen LogP contribution is 2.30. The zero-order valence-electron chi connectivity index (χ0n) is 14.2. The number of carbonyl (C=O) groups excluding carboxylic acids is 1. The Kier molecular flexibility index (Phi) is 4.93. The molecule has 2 heterocycles. The largest absolute Gasteiger partial charge is 0.271 e. The van der Waals surface area contributed by atoms with Crippen LogP contribution in [0.2, 0.25) is 0 Å². The number of hydrogen-bond donors (Lipinski definition) is 1. The quantitative estimate of drug-likeness (QED) is 0.701. The van der Waals surface area contributed by atoms with Crippen molar-refractivity contribution in [3.8, 4) is 11.4 Å². The van der Waals surface area contributed by atoms with E-state index < -0.39 is 0 Å². The SMILES string of the molecule is O=C(Cn1nnc(-c2ccccc2)n1)N/N=C1/CCSc2ccc(F)cc21. The zero-order chi connectivity index (χ0) is 18.6. The summed E-state index contributed by atoms with van der Waals surface area (Å²) in [7, 11) is 0. The van der Waals surface area contributed by atoms with Crippen LogP contribution in [0.5, 0.6) is 0 Å². The Morgan fingerprint density at radius 3 is 2.96 bits per heavy atom. The van der Waals surface area contributed by atoms with Crippen molar-refractivity contribution < 1.29 is 9.18 Å². The number of amides is 1. The van der Waals surface area contributed by atoms with Crippen molar-refractivity contribution in [2.45, 2.75) is 17.9 Å². The molecule has 2 aromatic carbocycles. The van der Waals surface area contributed by atoms with Gasteiger partial charge in [0.15, 0.2) is 0 Å². The first-order chi connectivity index (χ1) is 13.2. The van der Waals surface area contributed by atoms with Crippen LogP contribution in [0.1, 0.15) is 12.0 Å². The Morgan fingerprint density at radius 2 is 2.11 bits per heavy atom. The topological polar surface area (TPSA) is 85.1 Å². The number of nitrogens with zero attached hydrogens (tertiary/aromatic N) is 5. The van der Waals surface area contributed by atoms with Crippen molar-refractivity contribution >= 4 is 23.4 Å². The molecule has 1 amide bonds. The molecule has 0 saturated heterocycles. The van der Waals surface area contributed by atoms with E-state index in [9.17, 15) is 9.18 Å². The molecule has 0 fully saturated rings. The molecule has 0 unspecified atom stereocenters. The van der Waals surface area contributed by atoms with Crippen LogP contribution in [0.25, 0.3) is 11.4 Å². The molecule has 1 N–H and O–H groups in total. The Bertz CT molecular complexity index is 1000. The lowest BCUT2D eigenvalue weighted by Crippen LogP contribution is -2.26. The first-order valence-electron chi connectivity index (χ1n) is 8.30. The fraction of sp³-hybridized carbons (Fsp3) is 0.167. The molecule has 136 valence electrons. The minimum Gasteiger partial charge on any atom is -0.271 e. The van der Waals surface area contributed by atoms with Gasteiger partial charge in [-0.1, -0.05) is 30.3 Å². The number of halogens is 1. The van der Waals surface area contributed by atoms with Gasteiger partial charge in [0.25, 0.3) is 5.91 Å². The summed E-state index contributed by atoms with van der Waals surface area (Å²) in [5, 5.41) is 16.2. The Labute approximate surface area is 158 Å². The first kappa shape index (κ1) is 17.3. The van der Waals surface area contributed by atoms with Crippen LogP contribution in [0.15, 0.2) is 58.5 Å². The smallest absolute Gasteiger partial charge is 0.263 e. The van der Waals surface area contributed by atoms with Crippen LogP contribution in [0, 0.1) is 5.82 Å². The number of fused-ring (bicyclic) bond motifs is 1. The summed E-state index contributed by atoms with van der Waals surface area (Å²) in [6.45, 7) is -0.110. The molecule has 1 aliphatic heterocycles. The second-order valence-electron chi connectivity index (χ2n) is 5.84. The molecule has 0 aliphatic carbocycles. The maximum absolute atomic E-state index is 13.5. The molecule has 7 nitrogen and oxygen atoms in total. The number of nitrogens with one attached hydrogen (secondary N) is 1. The number of aromatic nitrogens is 4. The standard InChI is InChI=1S/C18H15FN6OS/c19-13-6-7-16-14(10-13)15(8-9-27-16)20-21-17(26)11-25-23-18(22-24-25)12-4-2-1-3-5-12/h1-7,10H,8-9,11H2,(H,21,26)/b20-15-. The summed E-state index contributed by atoms with van der Waals surface area (Å²) in [6.07, 6.45) is 0.654. The first-order valence-corrected chi connectivity index (χ1v) is 9.29. The van der Waals surface area contributed by atoms with Gasteiger partial charge in [0, 0.05) is 28.2 Å². The third-order valence-corrected chi connectivity index (χ3v) is 5.01. The molecular formula is C18H15FN6OS. The number of rotatable bonds is 4. The molecule has 0 atom stereocenters. The maximum Gasteiger partial charge on any atom is 0.263 e. The predicted molar refractivity (Wildman–Crippen MR) is 99.7 cm³/mol. The van der Waals surface area contributed by atoms with Crippen LogP contribution in [-0.2, 0) is 11.3 Å². The highest BCUT2D eigenvalue weighted by Gasteiger charge is 2.17. The monoisotopic (exact) mass is 382 g/mol. The van der Waals surface area contributed by atoms with E-state index in [-0.39, 0.29) is 18.3 Å². The third kappa shape index (κ3) is 4.03. The van der Waals surface area contributed by atoms with Gasteiger partial charge in [0.2, 0.25) is 5.82 Å². The molecule has 0 radical (unpaired) electrons. The predicted octanol–water partition coefficient (Wildman–Crippen LogP) is 2.50. The fourth-order valence-corrected chi connectivity index (χ4v) is 3.68. The van der Waals surface area contributed by atoms with Gasteiger partial charge in [-0.05, 0) is 23.4 Å². The second kappa shape index (κ2) is 7.67. The van der Waals surface area contributed by atoms with E-state index in [0.29, 0.717) is 18.0 Å². The van der Waals surface area contributed by atoms with E-state index in [1.165, 1.54) is 16.9 Å². The van der Waals surface area contributed by atoms with Crippen LogP contribution in [0.3, 0.4) is 0 Å². The average Bonchev–Trinajstić information content (AvgIpc) is 3.15. The number of hydrazone groups is 1. The van der Waals surface area contributed by atoms with Gasteiger partial charge < -0.3 is 0 Å². The minimum absolute atomic E-state index is 0.110. The van der Waals surface area contributed by atoms with E-state index in [0.717, 1.165) is 21.8 Å². The molecule has 4 rings (SSSR count). The second-order valence-corrected chi connectivity index (χ2v) is 6.98. The Balaban J connectivity index is 1.43. The van der Waals surface area contributed by atoms with Gasteiger partial charge >= 0.3 is 0 Å². The fourth-order valence-electron chi connectivity index (χ4n) is 2.67.